The average Bonchev–Trinajstić information content (AvgIpc) is 3.29. The Kier molecular flexibility index (Phi) is 10.1. The number of thioether (sulfide) groups is 1. The second-order valence-electron chi connectivity index (χ2n) is 9.58. The van der Waals surface area contributed by atoms with Crippen molar-refractivity contribution in [2.24, 2.45) is 5.10 Å². The van der Waals surface area contributed by atoms with Gasteiger partial charge in [0.25, 0.3) is 5.91 Å². The SMILES string of the molecule is CCCCCOc1ccc(/C=N/NC(=O)CSc2nnc(-c3ccc(C(C)(C)C)cc3)n2CC)cc1. The molecule has 0 saturated carbocycles. The number of unbranched alkanes of at least 4 members (excludes halogenated alkanes) is 2. The van der Waals surface area contributed by atoms with E-state index in [1.807, 2.05) is 35.8 Å². The van der Waals surface area contributed by atoms with E-state index >= 15 is 0 Å². The summed E-state index contributed by atoms with van der Waals surface area (Å²) in [6.07, 6.45) is 5.03. The molecular formula is C28H37N5O2S. The van der Waals surface area contributed by atoms with E-state index in [1.165, 1.54) is 30.2 Å². The van der Waals surface area contributed by atoms with E-state index in [4.69, 9.17) is 4.74 Å². The molecule has 0 aliphatic heterocycles. The van der Waals surface area contributed by atoms with Gasteiger partial charge in [-0.1, -0.05) is 76.6 Å². The Hall–Kier alpha value is -3.13. The standard InChI is InChI=1S/C28H37N5O2S/c1-6-8-9-18-35-24-16-10-21(11-17-24)19-29-30-25(34)20-36-27-32-31-26(33(27)7-2)22-12-14-23(15-13-22)28(3,4)5/h10-17,19H,6-9,18,20H2,1-5H3,(H,30,34)/b29-19+. The van der Waals surface area contributed by atoms with Gasteiger partial charge in [0.1, 0.15) is 5.75 Å². The summed E-state index contributed by atoms with van der Waals surface area (Å²) in [4.78, 5) is 12.3. The molecule has 0 unspecified atom stereocenters. The molecule has 3 aromatic rings. The molecule has 2 aromatic carbocycles. The van der Waals surface area contributed by atoms with Crippen LogP contribution in [0.3, 0.4) is 0 Å². The van der Waals surface area contributed by atoms with Gasteiger partial charge in [-0.3, -0.25) is 4.79 Å². The fourth-order valence-corrected chi connectivity index (χ4v) is 4.34. The van der Waals surface area contributed by atoms with Crippen molar-refractivity contribution in [3.8, 4) is 17.1 Å². The maximum atomic E-state index is 12.3. The van der Waals surface area contributed by atoms with Crippen LogP contribution < -0.4 is 10.2 Å². The van der Waals surface area contributed by atoms with Crippen molar-refractivity contribution < 1.29 is 9.53 Å². The number of nitrogens with zero attached hydrogens (tertiary/aromatic N) is 4. The van der Waals surface area contributed by atoms with Crippen molar-refractivity contribution in [1.82, 2.24) is 20.2 Å². The molecule has 1 amide bonds. The largest absolute Gasteiger partial charge is 0.494 e. The molecule has 0 aliphatic carbocycles. The van der Waals surface area contributed by atoms with Crippen LogP contribution >= 0.6 is 11.8 Å². The first-order chi connectivity index (χ1) is 17.3. The van der Waals surface area contributed by atoms with E-state index < -0.39 is 0 Å². The minimum Gasteiger partial charge on any atom is -0.494 e. The number of nitrogens with one attached hydrogen (secondary N) is 1. The van der Waals surface area contributed by atoms with Gasteiger partial charge in [0, 0.05) is 12.1 Å². The highest BCUT2D eigenvalue weighted by atomic mass is 32.2. The highest BCUT2D eigenvalue weighted by Gasteiger charge is 2.17. The molecule has 7 nitrogen and oxygen atoms in total. The summed E-state index contributed by atoms with van der Waals surface area (Å²) in [5.74, 6) is 1.64. The average molecular weight is 508 g/mol. The lowest BCUT2D eigenvalue weighted by molar-refractivity contribution is -0.118. The van der Waals surface area contributed by atoms with Gasteiger partial charge >= 0.3 is 0 Å². The Labute approximate surface area is 218 Å². The lowest BCUT2D eigenvalue weighted by Gasteiger charge is -2.19. The molecular weight excluding hydrogens is 470 g/mol. The Balaban J connectivity index is 1.51. The molecule has 192 valence electrons. The molecule has 1 heterocycles. The molecule has 3 rings (SSSR count). The maximum absolute atomic E-state index is 12.3. The van der Waals surface area contributed by atoms with Gasteiger partial charge in [-0.15, -0.1) is 10.2 Å². The van der Waals surface area contributed by atoms with Crippen LogP contribution in [-0.2, 0) is 16.8 Å². The highest BCUT2D eigenvalue weighted by Crippen LogP contribution is 2.27. The first-order valence-electron chi connectivity index (χ1n) is 12.5. The van der Waals surface area contributed by atoms with Crippen LogP contribution in [0, 0.1) is 0 Å². The number of hydrogen-bond acceptors (Lipinski definition) is 6. The normalized spacial score (nSPS) is 11.7. The predicted octanol–water partition coefficient (Wildman–Crippen LogP) is 6.07. The Morgan fingerprint density at radius 3 is 2.42 bits per heavy atom. The number of carbonyl (C=O) groups is 1. The summed E-state index contributed by atoms with van der Waals surface area (Å²) in [6, 6.07) is 16.1. The van der Waals surface area contributed by atoms with Crippen LogP contribution in [0.25, 0.3) is 11.4 Å². The van der Waals surface area contributed by atoms with Crippen LogP contribution in [-0.4, -0.2) is 39.2 Å². The van der Waals surface area contributed by atoms with Crippen molar-refractivity contribution in [2.45, 2.75) is 71.0 Å². The number of ether oxygens (including phenoxy) is 1. The van der Waals surface area contributed by atoms with Crippen molar-refractivity contribution in [3.63, 3.8) is 0 Å². The van der Waals surface area contributed by atoms with Crippen molar-refractivity contribution in [3.05, 3.63) is 59.7 Å². The number of hydrogen-bond donors (Lipinski definition) is 1. The quantitative estimate of drug-likeness (QED) is 0.139. The number of rotatable bonds is 12. The molecule has 0 aliphatic rings. The first-order valence-corrected chi connectivity index (χ1v) is 13.5. The van der Waals surface area contributed by atoms with Gasteiger partial charge in [0.15, 0.2) is 11.0 Å². The highest BCUT2D eigenvalue weighted by molar-refractivity contribution is 7.99. The lowest BCUT2D eigenvalue weighted by Crippen LogP contribution is -2.20. The zero-order valence-electron chi connectivity index (χ0n) is 22.0. The molecule has 1 aromatic heterocycles. The minimum absolute atomic E-state index is 0.0968. The topological polar surface area (TPSA) is 81.4 Å². The van der Waals surface area contributed by atoms with Gasteiger partial charge in [0.2, 0.25) is 0 Å². The van der Waals surface area contributed by atoms with Gasteiger partial charge < -0.3 is 9.30 Å². The third-order valence-corrected chi connectivity index (χ3v) is 6.64. The zero-order valence-corrected chi connectivity index (χ0v) is 22.8. The second-order valence-corrected chi connectivity index (χ2v) is 10.5. The third-order valence-electron chi connectivity index (χ3n) is 5.67. The third kappa shape index (κ3) is 7.95. The molecule has 8 heteroatoms. The Morgan fingerprint density at radius 1 is 1.06 bits per heavy atom. The van der Waals surface area contributed by atoms with E-state index in [0.717, 1.165) is 35.7 Å². The minimum atomic E-state index is -0.200. The van der Waals surface area contributed by atoms with E-state index in [1.54, 1.807) is 6.21 Å². The number of amides is 1. The maximum Gasteiger partial charge on any atom is 0.250 e. The summed E-state index contributed by atoms with van der Waals surface area (Å²) < 4.78 is 7.74. The molecule has 1 N–H and O–H groups in total. The molecule has 0 fully saturated rings. The second kappa shape index (κ2) is 13.3. The zero-order chi connectivity index (χ0) is 26.0. The molecule has 36 heavy (non-hydrogen) atoms. The molecule has 0 radical (unpaired) electrons. The van der Waals surface area contributed by atoms with Gasteiger partial charge in [-0.25, -0.2) is 5.43 Å². The fourth-order valence-electron chi connectivity index (χ4n) is 3.55. The number of carbonyl (C=O) groups excluding carboxylic acids is 1. The van der Waals surface area contributed by atoms with Crippen LogP contribution in [0.1, 0.15) is 65.0 Å². The summed E-state index contributed by atoms with van der Waals surface area (Å²) in [6.45, 7) is 12.2. The van der Waals surface area contributed by atoms with E-state index in [-0.39, 0.29) is 17.1 Å². The number of aromatic nitrogens is 3. The van der Waals surface area contributed by atoms with Gasteiger partial charge in [-0.2, -0.15) is 5.10 Å². The monoisotopic (exact) mass is 507 g/mol. The van der Waals surface area contributed by atoms with Crippen molar-refractivity contribution >= 4 is 23.9 Å². The van der Waals surface area contributed by atoms with Crippen LogP contribution in [0.2, 0.25) is 0 Å². The molecule has 0 spiro atoms. The molecule has 0 saturated heterocycles. The lowest BCUT2D eigenvalue weighted by atomic mass is 9.87. The van der Waals surface area contributed by atoms with Gasteiger partial charge in [0.05, 0.1) is 18.6 Å². The van der Waals surface area contributed by atoms with Gasteiger partial charge in [-0.05, 0) is 54.2 Å². The fraction of sp³-hybridized carbons (Fsp3) is 0.429. The van der Waals surface area contributed by atoms with E-state index in [9.17, 15) is 4.79 Å². The summed E-state index contributed by atoms with van der Waals surface area (Å²) >= 11 is 1.35. The predicted molar refractivity (Wildman–Crippen MR) is 148 cm³/mol. The van der Waals surface area contributed by atoms with Crippen LogP contribution in [0.4, 0.5) is 0 Å². The van der Waals surface area contributed by atoms with Crippen molar-refractivity contribution in [1.29, 1.82) is 0 Å². The van der Waals surface area contributed by atoms with E-state index in [0.29, 0.717) is 11.7 Å². The van der Waals surface area contributed by atoms with Crippen LogP contribution in [0.5, 0.6) is 5.75 Å². The summed E-state index contributed by atoms with van der Waals surface area (Å²) in [7, 11) is 0. The van der Waals surface area contributed by atoms with Crippen LogP contribution in [0.15, 0.2) is 58.8 Å². The number of hydrazone groups is 1. The Morgan fingerprint density at radius 2 is 1.78 bits per heavy atom. The number of benzene rings is 2. The molecule has 0 bridgehead atoms. The summed E-state index contributed by atoms with van der Waals surface area (Å²) in [5.41, 5.74) is 5.84. The Bertz CT molecular complexity index is 1130. The molecule has 0 atom stereocenters. The summed E-state index contributed by atoms with van der Waals surface area (Å²) in [5, 5.41) is 13.5. The van der Waals surface area contributed by atoms with Crippen molar-refractivity contribution in [2.75, 3.05) is 12.4 Å². The smallest absolute Gasteiger partial charge is 0.250 e. The first kappa shape index (κ1) is 27.5. The van der Waals surface area contributed by atoms with E-state index in [2.05, 4.69) is 72.7 Å².